The van der Waals surface area contributed by atoms with E-state index in [1.54, 1.807) is 13.2 Å². The molecule has 0 bridgehead atoms. The van der Waals surface area contributed by atoms with Gasteiger partial charge in [-0.3, -0.25) is 0 Å². The molecule has 0 spiro atoms. The molecule has 0 aromatic heterocycles. The molecule has 1 fully saturated rings. The monoisotopic (exact) mass is 253 g/mol. The number of ether oxygens (including phenoxy) is 1. The lowest BCUT2D eigenvalue weighted by Crippen LogP contribution is -2.34. The molecule has 4 nitrogen and oxygen atoms in total. The van der Waals surface area contributed by atoms with E-state index < -0.39 is 11.6 Å². The molecule has 1 aliphatic rings. The van der Waals surface area contributed by atoms with Crippen LogP contribution in [0.3, 0.4) is 0 Å². The van der Waals surface area contributed by atoms with Crippen LogP contribution in [0.4, 0.5) is 14.5 Å². The summed E-state index contributed by atoms with van der Waals surface area (Å²) >= 11 is 0. The summed E-state index contributed by atoms with van der Waals surface area (Å²) < 4.78 is 32.5. The van der Waals surface area contributed by atoms with Crippen molar-refractivity contribution >= 4 is 5.69 Å². The van der Waals surface area contributed by atoms with Crippen LogP contribution in [0.5, 0.6) is 0 Å². The average molecular weight is 253 g/mol. The van der Waals surface area contributed by atoms with E-state index in [1.807, 2.05) is 0 Å². The Labute approximate surface area is 104 Å². The zero-order valence-electron chi connectivity index (χ0n) is 9.84. The number of nitrogens with zero attached hydrogens (tertiary/aromatic N) is 1. The first-order valence-electron chi connectivity index (χ1n) is 5.55. The highest BCUT2D eigenvalue weighted by atomic mass is 19.1. The van der Waals surface area contributed by atoms with Gasteiger partial charge in [0.1, 0.15) is 5.69 Å². The summed E-state index contributed by atoms with van der Waals surface area (Å²) in [7, 11) is 1.55. The van der Waals surface area contributed by atoms with E-state index in [2.05, 4.69) is 10.6 Å². The first-order valence-corrected chi connectivity index (χ1v) is 5.55. The molecule has 0 saturated carbocycles. The summed E-state index contributed by atoms with van der Waals surface area (Å²) in [5, 5.41) is 14.5. The number of methoxy groups -OCH3 is 1. The maximum Gasteiger partial charge on any atom is 0.150 e. The minimum absolute atomic E-state index is 0.0385. The van der Waals surface area contributed by atoms with E-state index in [-0.39, 0.29) is 23.4 Å². The molecular formula is C12H13F2N3O. The van der Waals surface area contributed by atoms with Crippen molar-refractivity contribution in [3.8, 4) is 6.07 Å². The van der Waals surface area contributed by atoms with Crippen molar-refractivity contribution in [2.75, 3.05) is 25.5 Å². The zero-order chi connectivity index (χ0) is 13.1. The molecule has 1 aromatic rings. The number of nitrogens with one attached hydrogen (secondary N) is 2. The predicted molar refractivity (Wildman–Crippen MR) is 62.2 cm³/mol. The van der Waals surface area contributed by atoms with Crippen LogP contribution in [0.2, 0.25) is 0 Å². The largest absolute Gasteiger partial charge is 0.378 e. The highest BCUT2D eigenvalue weighted by Crippen LogP contribution is 2.23. The SMILES string of the molecule is CO[C@H]1CNCC1Nc1c(F)cc(C#N)cc1F. The maximum absolute atomic E-state index is 13.7. The Bertz CT molecular complexity index is 464. The molecule has 2 N–H and O–H groups in total. The third kappa shape index (κ3) is 2.42. The summed E-state index contributed by atoms with van der Waals surface area (Å²) in [4.78, 5) is 0. The van der Waals surface area contributed by atoms with Crippen LogP contribution in [0.25, 0.3) is 0 Å². The van der Waals surface area contributed by atoms with Crippen LogP contribution in [0.15, 0.2) is 12.1 Å². The summed E-state index contributed by atoms with van der Waals surface area (Å²) in [6.45, 7) is 1.20. The standard InChI is InChI=1S/C12H13F2N3O/c1-18-11-6-16-5-10(11)17-12-8(13)2-7(4-15)3-9(12)14/h2-3,10-11,16-17H,5-6H2,1H3/t10?,11-/m0/s1. The van der Waals surface area contributed by atoms with Crippen molar-refractivity contribution in [1.82, 2.24) is 5.32 Å². The topological polar surface area (TPSA) is 57.1 Å². The van der Waals surface area contributed by atoms with Gasteiger partial charge in [0.2, 0.25) is 0 Å². The van der Waals surface area contributed by atoms with Crippen molar-refractivity contribution in [2.24, 2.45) is 0 Å². The summed E-state index contributed by atoms with van der Waals surface area (Å²) in [6.07, 6.45) is -0.139. The molecule has 18 heavy (non-hydrogen) atoms. The lowest BCUT2D eigenvalue weighted by molar-refractivity contribution is 0.111. The molecule has 1 aliphatic heterocycles. The number of nitriles is 1. The smallest absolute Gasteiger partial charge is 0.150 e. The fraction of sp³-hybridized carbons (Fsp3) is 0.417. The molecule has 1 unspecified atom stereocenters. The van der Waals surface area contributed by atoms with Crippen molar-refractivity contribution in [3.05, 3.63) is 29.3 Å². The van der Waals surface area contributed by atoms with Gasteiger partial charge in [0.05, 0.1) is 23.8 Å². The second kappa shape index (κ2) is 5.29. The van der Waals surface area contributed by atoms with E-state index in [0.29, 0.717) is 13.1 Å². The summed E-state index contributed by atoms with van der Waals surface area (Å²) in [5.74, 6) is -1.54. The Balaban J connectivity index is 2.22. The molecule has 1 saturated heterocycles. The molecule has 6 heteroatoms. The minimum atomic E-state index is -0.770. The fourth-order valence-electron chi connectivity index (χ4n) is 2.01. The maximum atomic E-state index is 13.7. The van der Waals surface area contributed by atoms with Crippen LogP contribution in [-0.4, -0.2) is 32.3 Å². The number of benzene rings is 1. The number of hydrogen-bond donors (Lipinski definition) is 2. The number of halogens is 2. The molecule has 0 radical (unpaired) electrons. The van der Waals surface area contributed by atoms with E-state index in [1.165, 1.54) is 0 Å². The first kappa shape index (κ1) is 12.7. The van der Waals surface area contributed by atoms with Gasteiger partial charge >= 0.3 is 0 Å². The van der Waals surface area contributed by atoms with Gasteiger partial charge < -0.3 is 15.4 Å². The highest BCUT2D eigenvalue weighted by Gasteiger charge is 2.28. The number of anilines is 1. The Morgan fingerprint density at radius 2 is 2.06 bits per heavy atom. The van der Waals surface area contributed by atoms with E-state index in [4.69, 9.17) is 10.00 Å². The summed E-state index contributed by atoms with van der Waals surface area (Å²) in [6, 6.07) is 3.52. The Morgan fingerprint density at radius 3 is 2.61 bits per heavy atom. The van der Waals surface area contributed by atoms with Gasteiger partial charge in [0.15, 0.2) is 11.6 Å². The summed E-state index contributed by atoms with van der Waals surface area (Å²) in [5.41, 5.74) is -0.256. The molecule has 96 valence electrons. The van der Waals surface area contributed by atoms with Crippen molar-refractivity contribution in [3.63, 3.8) is 0 Å². The third-order valence-corrected chi connectivity index (χ3v) is 2.96. The van der Waals surface area contributed by atoms with Crippen LogP contribution >= 0.6 is 0 Å². The Hall–Kier alpha value is -1.71. The lowest BCUT2D eigenvalue weighted by atomic mass is 10.1. The third-order valence-electron chi connectivity index (χ3n) is 2.96. The predicted octanol–water partition coefficient (Wildman–Crippen LogP) is 1.24. The van der Waals surface area contributed by atoms with Gasteiger partial charge in [-0.05, 0) is 12.1 Å². The van der Waals surface area contributed by atoms with Crippen LogP contribution in [-0.2, 0) is 4.74 Å². The minimum Gasteiger partial charge on any atom is -0.378 e. The molecule has 2 rings (SSSR count). The molecule has 0 amide bonds. The van der Waals surface area contributed by atoms with Crippen molar-refractivity contribution in [1.29, 1.82) is 5.26 Å². The van der Waals surface area contributed by atoms with Crippen LogP contribution in [0, 0.1) is 23.0 Å². The zero-order valence-corrected chi connectivity index (χ0v) is 9.84. The normalized spacial score (nSPS) is 22.8. The van der Waals surface area contributed by atoms with E-state index in [9.17, 15) is 8.78 Å². The molecule has 2 atom stereocenters. The van der Waals surface area contributed by atoms with Gasteiger partial charge in [-0.1, -0.05) is 0 Å². The lowest BCUT2D eigenvalue weighted by Gasteiger charge is -2.20. The second-order valence-corrected chi connectivity index (χ2v) is 4.11. The molecular weight excluding hydrogens is 240 g/mol. The highest BCUT2D eigenvalue weighted by molar-refractivity contribution is 5.51. The van der Waals surface area contributed by atoms with Gasteiger partial charge in [-0.2, -0.15) is 5.26 Å². The van der Waals surface area contributed by atoms with Gasteiger partial charge in [-0.25, -0.2) is 8.78 Å². The first-order chi connectivity index (χ1) is 8.65. The molecule has 1 aromatic carbocycles. The second-order valence-electron chi connectivity index (χ2n) is 4.11. The molecule has 1 heterocycles. The van der Waals surface area contributed by atoms with Crippen LogP contribution < -0.4 is 10.6 Å². The van der Waals surface area contributed by atoms with E-state index >= 15 is 0 Å². The quantitative estimate of drug-likeness (QED) is 0.850. The molecule has 0 aliphatic carbocycles. The Kier molecular flexibility index (Phi) is 3.75. The van der Waals surface area contributed by atoms with Crippen LogP contribution in [0.1, 0.15) is 5.56 Å². The average Bonchev–Trinajstić information content (AvgIpc) is 2.80. The Morgan fingerprint density at radius 1 is 1.39 bits per heavy atom. The number of hydrogen-bond acceptors (Lipinski definition) is 4. The van der Waals surface area contributed by atoms with Crippen molar-refractivity contribution < 1.29 is 13.5 Å². The van der Waals surface area contributed by atoms with Gasteiger partial charge in [0.25, 0.3) is 0 Å². The van der Waals surface area contributed by atoms with Gasteiger partial charge in [-0.15, -0.1) is 0 Å². The van der Waals surface area contributed by atoms with E-state index in [0.717, 1.165) is 12.1 Å². The van der Waals surface area contributed by atoms with Gasteiger partial charge in [0, 0.05) is 20.2 Å². The fourth-order valence-corrected chi connectivity index (χ4v) is 2.01. The van der Waals surface area contributed by atoms with Crippen molar-refractivity contribution in [2.45, 2.75) is 12.1 Å². The number of rotatable bonds is 3.